The van der Waals surface area contributed by atoms with Crippen LogP contribution in [-0.2, 0) is 6.61 Å². The second-order valence-corrected chi connectivity index (χ2v) is 5.69. The fourth-order valence-corrected chi connectivity index (χ4v) is 2.70. The van der Waals surface area contributed by atoms with Gasteiger partial charge in [-0.15, -0.1) is 0 Å². The van der Waals surface area contributed by atoms with Crippen LogP contribution in [0.3, 0.4) is 0 Å². The van der Waals surface area contributed by atoms with Gasteiger partial charge in [0, 0.05) is 10.9 Å². The van der Waals surface area contributed by atoms with Crippen molar-refractivity contribution in [3.63, 3.8) is 0 Å². The molecule has 1 heterocycles. The van der Waals surface area contributed by atoms with Gasteiger partial charge in [0.2, 0.25) is 0 Å². The average molecular weight is 311 g/mol. The Morgan fingerprint density at radius 1 is 0.708 bits per heavy atom. The highest BCUT2D eigenvalue weighted by Crippen LogP contribution is 2.24. The maximum atomic E-state index is 5.89. The fourth-order valence-electron chi connectivity index (χ4n) is 2.70. The van der Waals surface area contributed by atoms with Crippen molar-refractivity contribution < 1.29 is 4.74 Å². The Morgan fingerprint density at radius 3 is 2.25 bits per heavy atom. The van der Waals surface area contributed by atoms with Crippen molar-refractivity contribution in [2.24, 2.45) is 0 Å². The second kappa shape index (κ2) is 6.55. The molecule has 0 aliphatic heterocycles. The molecule has 4 aromatic rings. The van der Waals surface area contributed by atoms with Crippen molar-refractivity contribution >= 4 is 10.9 Å². The van der Waals surface area contributed by atoms with Crippen molar-refractivity contribution in [1.29, 1.82) is 0 Å². The molecule has 0 spiro atoms. The van der Waals surface area contributed by atoms with E-state index in [-0.39, 0.29) is 0 Å². The molecule has 0 atom stereocenters. The van der Waals surface area contributed by atoms with Gasteiger partial charge >= 0.3 is 0 Å². The Kier molecular flexibility index (Phi) is 3.95. The molecule has 0 unspecified atom stereocenters. The molecule has 0 aliphatic rings. The fraction of sp³-hybridized carbons (Fsp3) is 0.0455. The maximum absolute atomic E-state index is 5.89. The van der Waals surface area contributed by atoms with E-state index >= 15 is 0 Å². The molecular formula is C22H17NO. The number of ether oxygens (including phenoxy) is 1. The van der Waals surface area contributed by atoms with Crippen LogP contribution in [0.25, 0.3) is 22.2 Å². The Bertz CT molecular complexity index is 949. The van der Waals surface area contributed by atoms with Crippen molar-refractivity contribution in [3.8, 4) is 17.0 Å². The molecule has 0 amide bonds. The lowest BCUT2D eigenvalue weighted by atomic mass is 10.1. The van der Waals surface area contributed by atoms with Crippen LogP contribution in [0.2, 0.25) is 0 Å². The molecule has 2 nitrogen and oxygen atoms in total. The molecule has 0 aliphatic carbocycles. The highest BCUT2D eigenvalue weighted by Gasteiger charge is 2.03. The number of aromatic nitrogens is 1. The SMILES string of the molecule is c1ccc(COc2ccc3nc(-c4ccccc4)ccc3c2)cc1. The first-order chi connectivity index (χ1) is 11.9. The lowest BCUT2D eigenvalue weighted by Crippen LogP contribution is -1.95. The summed E-state index contributed by atoms with van der Waals surface area (Å²) in [5, 5.41) is 1.08. The molecule has 2 heteroatoms. The maximum Gasteiger partial charge on any atom is 0.120 e. The van der Waals surface area contributed by atoms with Crippen LogP contribution in [-0.4, -0.2) is 4.98 Å². The van der Waals surface area contributed by atoms with Crippen LogP contribution in [0.15, 0.2) is 91.0 Å². The molecule has 4 rings (SSSR count). The zero-order valence-electron chi connectivity index (χ0n) is 13.2. The minimum atomic E-state index is 0.571. The van der Waals surface area contributed by atoms with E-state index in [1.54, 1.807) is 0 Å². The highest BCUT2D eigenvalue weighted by atomic mass is 16.5. The summed E-state index contributed by atoms with van der Waals surface area (Å²) in [5.41, 5.74) is 4.25. The Labute approximate surface area is 141 Å². The molecule has 0 saturated heterocycles. The van der Waals surface area contributed by atoms with E-state index in [0.29, 0.717) is 6.61 Å². The molecule has 0 radical (unpaired) electrons. The van der Waals surface area contributed by atoms with Gasteiger partial charge < -0.3 is 4.74 Å². The number of benzene rings is 3. The molecule has 0 fully saturated rings. The summed E-state index contributed by atoms with van der Waals surface area (Å²) in [6.07, 6.45) is 0. The Hall–Kier alpha value is -3.13. The lowest BCUT2D eigenvalue weighted by Gasteiger charge is -2.08. The standard InChI is InChI=1S/C22H17NO/c1-3-7-17(8-4-1)16-24-20-12-14-22-19(15-20)11-13-21(23-22)18-9-5-2-6-10-18/h1-15H,16H2. The summed E-state index contributed by atoms with van der Waals surface area (Å²) < 4.78 is 5.89. The van der Waals surface area contributed by atoms with Gasteiger partial charge in [-0.2, -0.15) is 0 Å². The van der Waals surface area contributed by atoms with Crippen LogP contribution in [0, 0.1) is 0 Å². The normalized spacial score (nSPS) is 10.7. The van der Waals surface area contributed by atoms with E-state index in [4.69, 9.17) is 9.72 Å². The van der Waals surface area contributed by atoms with E-state index in [0.717, 1.165) is 33.5 Å². The summed E-state index contributed by atoms with van der Waals surface area (Å²) in [6, 6.07) is 30.6. The van der Waals surface area contributed by atoms with Gasteiger partial charge in [0.05, 0.1) is 11.2 Å². The van der Waals surface area contributed by atoms with E-state index in [9.17, 15) is 0 Å². The zero-order valence-corrected chi connectivity index (χ0v) is 13.2. The van der Waals surface area contributed by atoms with E-state index in [1.807, 2.05) is 54.6 Å². The topological polar surface area (TPSA) is 22.1 Å². The largest absolute Gasteiger partial charge is 0.489 e. The molecule has 116 valence electrons. The lowest BCUT2D eigenvalue weighted by molar-refractivity contribution is 0.306. The van der Waals surface area contributed by atoms with Gasteiger partial charge in [-0.1, -0.05) is 66.7 Å². The van der Waals surface area contributed by atoms with E-state index in [1.165, 1.54) is 0 Å². The van der Waals surface area contributed by atoms with Crippen molar-refractivity contribution in [2.75, 3.05) is 0 Å². The van der Waals surface area contributed by atoms with Gasteiger partial charge in [0.15, 0.2) is 0 Å². The molecule has 1 aromatic heterocycles. The average Bonchev–Trinajstić information content (AvgIpc) is 2.67. The van der Waals surface area contributed by atoms with Crippen molar-refractivity contribution in [1.82, 2.24) is 4.98 Å². The van der Waals surface area contributed by atoms with Gasteiger partial charge in [0.25, 0.3) is 0 Å². The zero-order chi connectivity index (χ0) is 16.2. The van der Waals surface area contributed by atoms with Gasteiger partial charge in [-0.25, -0.2) is 4.98 Å². The summed E-state index contributed by atoms with van der Waals surface area (Å²) in [5.74, 6) is 0.862. The molecule has 3 aromatic carbocycles. The van der Waals surface area contributed by atoms with E-state index < -0.39 is 0 Å². The van der Waals surface area contributed by atoms with Crippen molar-refractivity contribution in [2.45, 2.75) is 6.61 Å². The molecule has 24 heavy (non-hydrogen) atoms. The minimum Gasteiger partial charge on any atom is -0.489 e. The van der Waals surface area contributed by atoms with Gasteiger partial charge in [-0.3, -0.25) is 0 Å². The minimum absolute atomic E-state index is 0.571. The first-order valence-corrected chi connectivity index (χ1v) is 8.01. The first-order valence-electron chi connectivity index (χ1n) is 8.01. The predicted octanol–water partition coefficient (Wildman–Crippen LogP) is 5.48. The quantitative estimate of drug-likeness (QED) is 0.498. The summed E-state index contributed by atoms with van der Waals surface area (Å²) in [7, 11) is 0. The number of pyridine rings is 1. The molecule has 0 saturated carbocycles. The molecular weight excluding hydrogens is 294 g/mol. The molecule has 0 bridgehead atoms. The summed E-state index contributed by atoms with van der Waals surface area (Å²) in [6.45, 7) is 0.571. The van der Waals surface area contributed by atoms with Gasteiger partial charge in [-0.05, 0) is 29.8 Å². The summed E-state index contributed by atoms with van der Waals surface area (Å²) >= 11 is 0. The van der Waals surface area contributed by atoms with Crippen LogP contribution in [0.5, 0.6) is 5.75 Å². The third kappa shape index (κ3) is 3.13. The number of hydrogen-bond acceptors (Lipinski definition) is 2. The second-order valence-electron chi connectivity index (χ2n) is 5.69. The Morgan fingerprint density at radius 2 is 1.46 bits per heavy atom. The van der Waals surface area contributed by atoms with Crippen LogP contribution in [0.1, 0.15) is 5.56 Å². The van der Waals surface area contributed by atoms with Crippen molar-refractivity contribution in [3.05, 3.63) is 96.6 Å². The number of nitrogens with zero attached hydrogens (tertiary/aromatic N) is 1. The highest BCUT2D eigenvalue weighted by molar-refractivity contribution is 5.82. The first kappa shape index (κ1) is 14.5. The number of fused-ring (bicyclic) bond motifs is 1. The summed E-state index contributed by atoms with van der Waals surface area (Å²) in [4.78, 5) is 4.75. The third-order valence-electron chi connectivity index (χ3n) is 3.98. The number of rotatable bonds is 4. The van der Waals surface area contributed by atoms with E-state index in [2.05, 4.69) is 36.4 Å². The van der Waals surface area contributed by atoms with Gasteiger partial charge in [0.1, 0.15) is 12.4 Å². The molecule has 0 N–H and O–H groups in total. The van der Waals surface area contributed by atoms with Crippen LogP contribution < -0.4 is 4.74 Å². The third-order valence-corrected chi connectivity index (χ3v) is 3.98. The van der Waals surface area contributed by atoms with Crippen LogP contribution in [0.4, 0.5) is 0 Å². The van der Waals surface area contributed by atoms with Crippen LogP contribution >= 0.6 is 0 Å². The Balaban J connectivity index is 1.58. The monoisotopic (exact) mass is 311 g/mol. The predicted molar refractivity (Wildman–Crippen MR) is 98.0 cm³/mol. The number of hydrogen-bond donors (Lipinski definition) is 0. The smallest absolute Gasteiger partial charge is 0.120 e.